The van der Waals surface area contributed by atoms with Crippen molar-refractivity contribution in [3.63, 3.8) is 0 Å². The quantitative estimate of drug-likeness (QED) is 0.424. The van der Waals surface area contributed by atoms with Crippen molar-refractivity contribution in [2.45, 2.75) is 25.9 Å². The van der Waals surface area contributed by atoms with E-state index in [1.165, 1.54) is 17.9 Å². The molecule has 37 heavy (non-hydrogen) atoms. The number of aryl methyl sites for hydroxylation is 1. The summed E-state index contributed by atoms with van der Waals surface area (Å²) in [6.45, 7) is 3.09. The number of hydrogen-bond acceptors (Lipinski definition) is 6. The van der Waals surface area contributed by atoms with Crippen molar-refractivity contribution in [2.75, 3.05) is 40.4 Å². The van der Waals surface area contributed by atoms with Crippen molar-refractivity contribution in [1.29, 1.82) is 0 Å². The molecule has 3 aromatic rings. The highest BCUT2D eigenvalue weighted by molar-refractivity contribution is 6.33. The van der Waals surface area contributed by atoms with Gasteiger partial charge in [0.15, 0.2) is 0 Å². The lowest BCUT2D eigenvalue weighted by atomic mass is 9.98. The number of halogens is 3. The Kier molecular flexibility index (Phi) is 8.01. The molecule has 1 N–H and O–H groups in total. The molecule has 1 fully saturated rings. The van der Waals surface area contributed by atoms with E-state index in [1.807, 2.05) is 6.92 Å². The van der Waals surface area contributed by atoms with Crippen LogP contribution in [0.5, 0.6) is 5.75 Å². The average Bonchev–Trinajstić information content (AvgIpc) is 3.32. The Bertz CT molecular complexity index is 1330. The summed E-state index contributed by atoms with van der Waals surface area (Å²) in [6.07, 6.45) is -2.05. The van der Waals surface area contributed by atoms with Gasteiger partial charge in [-0.2, -0.15) is 0 Å². The van der Waals surface area contributed by atoms with Gasteiger partial charge in [-0.05, 0) is 42.3 Å². The summed E-state index contributed by atoms with van der Waals surface area (Å²) in [5, 5.41) is 10.6. The fraction of sp³-hybridized carbons (Fsp3) is 0.385. The predicted molar refractivity (Wildman–Crippen MR) is 135 cm³/mol. The minimum absolute atomic E-state index is 0.212. The van der Waals surface area contributed by atoms with Crippen LogP contribution in [0.2, 0.25) is 5.02 Å². The maximum Gasteiger partial charge on any atom is 0.416 e. The lowest BCUT2D eigenvalue weighted by molar-refractivity contribution is 0.0245. The molecule has 0 amide bonds. The molecule has 11 heteroatoms. The zero-order chi connectivity index (χ0) is 26.9. The molecule has 0 bridgehead atoms. The lowest BCUT2D eigenvalue weighted by Crippen LogP contribution is -2.49. The summed E-state index contributed by atoms with van der Waals surface area (Å²) in [5.41, 5.74) is 3.11. The number of methoxy groups -OCH3 is 2. The third kappa shape index (κ3) is 5.41. The number of benzene rings is 2. The molecule has 1 aliphatic heterocycles. The molecule has 0 spiro atoms. The zero-order valence-corrected chi connectivity index (χ0v) is 21.5. The van der Waals surface area contributed by atoms with E-state index in [0.717, 1.165) is 22.1 Å². The normalized spacial score (nSPS) is 16.9. The number of carbonyl (C=O) groups is 2. The van der Waals surface area contributed by atoms with Crippen LogP contribution in [-0.2, 0) is 11.3 Å². The highest BCUT2D eigenvalue weighted by atomic mass is 35.5. The second-order valence-corrected chi connectivity index (χ2v) is 9.38. The Morgan fingerprint density at radius 2 is 1.95 bits per heavy atom. The molecule has 0 radical (unpaired) electrons. The van der Waals surface area contributed by atoms with E-state index in [-0.39, 0.29) is 23.2 Å². The molecule has 1 atom stereocenters. The van der Waals surface area contributed by atoms with Gasteiger partial charge in [-0.15, -0.1) is 0 Å². The van der Waals surface area contributed by atoms with Gasteiger partial charge in [0.05, 0.1) is 36.9 Å². The van der Waals surface area contributed by atoms with Crippen molar-refractivity contribution in [3.8, 4) is 5.75 Å². The van der Waals surface area contributed by atoms with Crippen LogP contribution >= 0.6 is 11.6 Å². The number of esters is 1. The van der Waals surface area contributed by atoms with Gasteiger partial charge in [-0.3, -0.25) is 14.4 Å². The van der Waals surface area contributed by atoms with Crippen molar-refractivity contribution in [3.05, 3.63) is 63.8 Å². The summed E-state index contributed by atoms with van der Waals surface area (Å²) in [5.74, 6) is 0.0482. The molecule has 2 aromatic carbocycles. The summed E-state index contributed by atoms with van der Waals surface area (Å²) in [6, 6.07) is 8.23. The highest BCUT2D eigenvalue weighted by Crippen LogP contribution is 2.36. The van der Waals surface area contributed by atoms with Crippen LogP contribution in [0.15, 0.2) is 36.5 Å². The number of nitrogens with zero attached hydrogens (tertiary/aromatic N) is 3. The van der Waals surface area contributed by atoms with Gasteiger partial charge in [0.25, 0.3) is 6.43 Å². The monoisotopic (exact) mass is 535 g/mol. The molecular formula is C26H28ClF2N3O5. The van der Waals surface area contributed by atoms with Gasteiger partial charge in [-0.1, -0.05) is 17.7 Å². The summed E-state index contributed by atoms with van der Waals surface area (Å²) < 4.78 is 38.1. The van der Waals surface area contributed by atoms with Crippen molar-refractivity contribution >= 4 is 34.6 Å². The lowest BCUT2D eigenvalue weighted by Gasteiger charge is -2.42. The molecule has 1 aliphatic rings. The minimum Gasteiger partial charge on any atom is -0.496 e. The van der Waals surface area contributed by atoms with Crippen LogP contribution in [-0.4, -0.2) is 78.4 Å². The smallest absolute Gasteiger partial charge is 0.416 e. The predicted octanol–water partition coefficient (Wildman–Crippen LogP) is 5.05. The van der Waals surface area contributed by atoms with Crippen molar-refractivity contribution in [1.82, 2.24) is 14.4 Å². The molecule has 198 valence electrons. The van der Waals surface area contributed by atoms with Crippen LogP contribution in [0.4, 0.5) is 13.6 Å². The fourth-order valence-electron chi connectivity index (χ4n) is 5.03. The van der Waals surface area contributed by atoms with E-state index in [4.69, 9.17) is 21.1 Å². The van der Waals surface area contributed by atoms with E-state index in [1.54, 1.807) is 42.3 Å². The fourth-order valence-corrected chi connectivity index (χ4v) is 5.29. The molecule has 0 saturated carbocycles. The van der Waals surface area contributed by atoms with E-state index >= 15 is 0 Å². The molecular weight excluding hydrogens is 508 g/mol. The number of carboxylic acid groups (broad SMARTS) is 1. The summed E-state index contributed by atoms with van der Waals surface area (Å²) in [4.78, 5) is 27.6. The minimum atomic E-state index is -2.47. The van der Waals surface area contributed by atoms with E-state index in [9.17, 15) is 23.5 Å². The van der Waals surface area contributed by atoms with Gasteiger partial charge in [0, 0.05) is 49.4 Å². The Morgan fingerprint density at radius 3 is 2.57 bits per heavy atom. The standard InChI is InChI=1S/C26H28ClF2N3O5/c1-15-10-22(36-2)19(17-6-7-32(24(15)17)26(34)35)12-31-9-8-30(14-23(28)29)13-21(31)16-4-5-18(20(27)11-16)25(33)37-3/h4-7,10-11,21,23H,8-9,12-14H2,1-3H3,(H,34,35). The number of rotatable bonds is 7. The highest BCUT2D eigenvalue weighted by Gasteiger charge is 2.31. The number of aromatic nitrogens is 1. The Morgan fingerprint density at radius 1 is 1.19 bits per heavy atom. The second-order valence-electron chi connectivity index (χ2n) is 8.97. The first kappa shape index (κ1) is 26.8. The molecule has 4 rings (SSSR count). The Labute approximate surface area is 217 Å². The number of alkyl halides is 2. The van der Waals surface area contributed by atoms with Crippen molar-refractivity contribution < 1.29 is 33.0 Å². The van der Waals surface area contributed by atoms with E-state index in [0.29, 0.717) is 37.4 Å². The molecule has 2 heterocycles. The molecule has 8 nitrogen and oxygen atoms in total. The van der Waals surface area contributed by atoms with Crippen molar-refractivity contribution in [2.24, 2.45) is 0 Å². The van der Waals surface area contributed by atoms with E-state index in [2.05, 4.69) is 4.90 Å². The largest absolute Gasteiger partial charge is 0.496 e. The third-order valence-corrected chi connectivity index (χ3v) is 7.08. The first-order chi connectivity index (χ1) is 17.6. The maximum atomic E-state index is 13.2. The second kappa shape index (κ2) is 11.0. The number of hydrogen-bond donors (Lipinski definition) is 1. The third-order valence-electron chi connectivity index (χ3n) is 6.77. The van der Waals surface area contributed by atoms with Crippen LogP contribution in [0, 0.1) is 6.92 Å². The van der Waals surface area contributed by atoms with Gasteiger partial charge < -0.3 is 14.6 Å². The Balaban J connectivity index is 1.75. The first-order valence-electron chi connectivity index (χ1n) is 11.7. The first-order valence-corrected chi connectivity index (χ1v) is 12.1. The SMILES string of the molecule is COC(=O)c1ccc(C2CN(CC(F)F)CCN2Cc2c(OC)cc(C)c3c2ccn3C(=O)O)cc1Cl. The van der Waals surface area contributed by atoms with Crippen LogP contribution < -0.4 is 4.74 Å². The number of carbonyl (C=O) groups excluding carboxylic acids is 1. The van der Waals surface area contributed by atoms with Gasteiger partial charge in [0.2, 0.25) is 0 Å². The van der Waals surface area contributed by atoms with E-state index < -0.39 is 18.5 Å². The zero-order valence-electron chi connectivity index (χ0n) is 20.7. The number of piperazine rings is 1. The molecule has 1 saturated heterocycles. The average molecular weight is 536 g/mol. The molecule has 1 aromatic heterocycles. The number of ether oxygens (including phenoxy) is 2. The summed E-state index contributed by atoms with van der Waals surface area (Å²) >= 11 is 6.40. The van der Waals surface area contributed by atoms with Crippen LogP contribution in [0.25, 0.3) is 10.9 Å². The molecule has 1 unspecified atom stereocenters. The van der Waals surface area contributed by atoms with Crippen LogP contribution in [0.3, 0.4) is 0 Å². The summed E-state index contributed by atoms with van der Waals surface area (Å²) in [7, 11) is 2.83. The Hall–Kier alpha value is -3.21. The number of fused-ring (bicyclic) bond motifs is 1. The van der Waals surface area contributed by atoms with Gasteiger partial charge in [0.1, 0.15) is 5.75 Å². The maximum absolute atomic E-state index is 13.2. The topological polar surface area (TPSA) is 84.2 Å². The van der Waals surface area contributed by atoms with Crippen LogP contribution in [0.1, 0.15) is 33.1 Å². The van der Waals surface area contributed by atoms with Gasteiger partial charge >= 0.3 is 12.1 Å². The molecule has 0 aliphatic carbocycles. The van der Waals surface area contributed by atoms with Gasteiger partial charge in [-0.25, -0.2) is 18.4 Å².